The normalized spacial score (nSPS) is 12.2. The lowest BCUT2D eigenvalue weighted by atomic mass is 10.0. The van der Waals surface area contributed by atoms with E-state index in [4.69, 9.17) is 5.11 Å². The van der Waals surface area contributed by atoms with E-state index < -0.39 is 12.0 Å². The van der Waals surface area contributed by atoms with Gasteiger partial charge in [0.25, 0.3) is 0 Å². The number of benzene rings is 1. The molecule has 0 spiro atoms. The van der Waals surface area contributed by atoms with Crippen LogP contribution in [0, 0.1) is 6.92 Å². The molecule has 0 aliphatic carbocycles. The highest BCUT2D eigenvalue weighted by Gasteiger charge is 2.16. The van der Waals surface area contributed by atoms with Crippen LogP contribution in [0.4, 0.5) is 5.69 Å². The molecular formula is C15H23NO2. The lowest BCUT2D eigenvalue weighted by molar-refractivity contribution is -0.138. The molecule has 2 N–H and O–H groups in total. The highest BCUT2D eigenvalue weighted by molar-refractivity contribution is 5.77. The van der Waals surface area contributed by atoms with E-state index in [-0.39, 0.29) is 0 Å². The van der Waals surface area contributed by atoms with Crippen molar-refractivity contribution in [1.82, 2.24) is 0 Å². The van der Waals surface area contributed by atoms with E-state index in [0.29, 0.717) is 6.42 Å². The number of anilines is 1. The summed E-state index contributed by atoms with van der Waals surface area (Å²) in [5.74, 6) is -0.777. The Labute approximate surface area is 109 Å². The van der Waals surface area contributed by atoms with Gasteiger partial charge in [-0.2, -0.15) is 0 Å². The molecule has 1 unspecified atom stereocenters. The number of aliphatic carboxylic acids is 1. The third kappa shape index (κ3) is 4.06. The standard InChI is InChI=1S/C15H23NO2/c1-4-6-7-14(15(17)18)16-13-9-8-12(5-2)11(3)10-13/h8-10,14,16H,4-7H2,1-3H3,(H,17,18). The van der Waals surface area contributed by atoms with E-state index in [1.807, 2.05) is 12.1 Å². The van der Waals surface area contributed by atoms with Gasteiger partial charge in [-0.15, -0.1) is 0 Å². The second-order valence-electron chi connectivity index (χ2n) is 4.67. The third-order valence-corrected chi connectivity index (χ3v) is 3.21. The molecule has 1 aromatic carbocycles. The molecule has 0 aliphatic rings. The average molecular weight is 249 g/mol. The predicted octanol–water partition coefficient (Wildman–Crippen LogP) is 3.61. The van der Waals surface area contributed by atoms with Crippen LogP contribution in [0.5, 0.6) is 0 Å². The van der Waals surface area contributed by atoms with Gasteiger partial charge >= 0.3 is 5.97 Å². The lowest BCUT2D eigenvalue weighted by Crippen LogP contribution is -2.29. The Balaban J connectivity index is 2.74. The highest BCUT2D eigenvalue weighted by Crippen LogP contribution is 2.17. The fourth-order valence-corrected chi connectivity index (χ4v) is 2.05. The number of carbonyl (C=O) groups is 1. The van der Waals surface area contributed by atoms with Crippen LogP contribution in [0.15, 0.2) is 18.2 Å². The maximum atomic E-state index is 11.2. The second-order valence-corrected chi connectivity index (χ2v) is 4.67. The van der Waals surface area contributed by atoms with E-state index in [1.165, 1.54) is 11.1 Å². The maximum absolute atomic E-state index is 11.2. The van der Waals surface area contributed by atoms with Gasteiger partial charge in [0.2, 0.25) is 0 Å². The smallest absolute Gasteiger partial charge is 0.326 e. The maximum Gasteiger partial charge on any atom is 0.326 e. The second kappa shape index (κ2) is 7.04. The van der Waals surface area contributed by atoms with Crippen molar-refractivity contribution in [3.8, 4) is 0 Å². The fourth-order valence-electron chi connectivity index (χ4n) is 2.05. The van der Waals surface area contributed by atoms with Crippen LogP contribution in [0.1, 0.15) is 44.2 Å². The van der Waals surface area contributed by atoms with Crippen molar-refractivity contribution in [3.05, 3.63) is 29.3 Å². The van der Waals surface area contributed by atoms with Gasteiger partial charge in [0.05, 0.1) is 0 Å². The molecule has 0 aliphatic heterocycles. The van der Waals surface area contributed by atoms with E-state index in [0.717, 1.165) is 24.9 Å². The Bertz CT molecular complexity index is 401. The van der Waals surface area contributed by atoms with Gasteiger partial charge in [-0.3, -0.25) is 0 Å². The van der Waals surface area contributed by atoms with Crippen molar-refractivity contribution in [3.63, 3.8) is 0 Å². The monoisotopic (exact) mass is 249 g/mol. The van der Waals surface area contributed by atoms with Gasteiger partial charge in [-0.25, -0.2) is 4.79 Å². The van der Waals surface area contributed by atoms with Crippen LogP contribution in [0.25, 0.3) is 0 Å². The number of unbranched alkanes of at least 4 members (excludes halogenated alkanes) is 1. The first-order valence-corrected chi connectivity index (χ1v) is 6.67. The third-order valence-electron chi connectivity index (χ3n) is 3.21. The Morgan fingerprint density at radius 2 is 2.11 bits per heavy atom. The van der Waals surface area contributed by atoms with Crippen molar-refractivity contribution in [2.75, 3.05) is 5.32 Å². The zero-order chi connectivity index (χ0) is 13.5. The average Bonchev–Trinajstić information content (AvgIpc) is 2.34. The molecule has 0 aromatic heterocycles. The molecule has 0 radical (unpaired) electrons. The summed E-state index contributed by atoms with van der Waals surface area (Å²) in [5, 5.41) is 12.3. The van der Waals surface area contributed by atoms with Crippen molar-refractivity contribution in [1.29, 1.82) is 0 Å². The van der Waals surface area contributed by atoms with Crippen LogP contribution in [0.2, 0.25) is 0 Å². The summed E-state index contributed by atoms with van der Waals surface area (Å²) in [6.45, 7) is 6.25. The summed E-state index contributed by atoms with van der Waals surface area (Å²) in [7, 11) is 0. The summed E-state index contributed by atoms with van der Waals surface area (Å²) in [4.78, 5) is 11.2. The molecule has 0 fully saturated rings. The van der Waals surface area contributed by atoms with Crippen LogP contribution in [-0.4, -0.2) is 17.1 Å². The lowest BCUT2D eigenvalue weighted by Gasteiger charge is -2.16. The molecule has 18 heavy (non-hydrogen) atoms. The summed E-state index contributed by atoms with van der Waals surface area (Å²) in [5.41, 5.74) is 3.41. The number of hydrogen-bond acceptors (Lipinski definition) is 2. The van der Waals surface area contributed by atoms with Gasteiger partial charge in [-0.1, -0.05) is 32.8 Å². The van der Waals surface area contributed by atoms with Crippen molar-refractivity contribution in [2.24, 2.45) is 0 Å². The van der Waals surface area contributed by atoms with E-state index in [9.17, 15) is 4.79 Å². The molecule has 0 bridgehead atoms. The van der Waals surface area contributed by atoms with Gasteiger partial charge in [-0.05, 0) is 43.0 Å². The first-order chi connectivity index (χ1) is 8.58. The molecule has 0 saturated heterocycles. The molecule has 100 valence electrons. The van der Waals surface area contributed by atoms with Crippen LogP contribution < -0.4 is 5.32 Å². The Morgan fingerprint density at radius 1 is 1.39 bits per heavy atom. The number of hydrogen-bond donors (Lipinski definition) is 2. The van der Waals surface area contributed by atoms with E-state index in [1.54, 1.807) is 0 Å². The summed E-state index contributed by atoms with van der Waals surface area (Å²) < 4.78 is 0. The molecule has 3 nitrogen and oxygen atoms in total. The molecule has 3 heteroatoms. The highest BCUT2D eigenvalue weighted by atomic mass is 16.4. The zero-order valence-corrected chi connectivity index (χ0v) is 11.5. The topological polar surface area (TPSA) is 49.3 Å². The molecule has 1 rings (SSSR count). The van der Waals surface area contributed by atoms with Gasteiger partial charge in [0.1, 0.15) is 6.04 Å². The number of aryl methyl sites for hydroxylation is 2. The minimum absolute atomic E-state index is 0.489. The minimum atomic E-state index is -0.777. The SMILES string of the molecule is CCCCC(Nc1ccc(CC)c(C)c1)C(=O)O. The van der Waals surface area contributed by atoms with Crippen LogP contribution in [-0.2, 0) is 11.2 Å². The molecular weight excluding hydrogens is 226 g/mol. The molecule has 0 saturated carbocycles. The molecule has 1 aromatic rings. The van der Waals surface area contributed by atoms with Crippen molar-refractivity contribution < 1.29 is 9.90 Å². The molecule has 0 amide bonds. The number of carboxylic acid groups (broad SMARTS) is 1. The molecule has 1 atom stereocenters. The number of nitrogens with one attached hydrogen (secondary N) is 1. The Morgan fingerprint density at radius 3 is 2.61 bits per heavy atom. The summed E-state index contributed by atoms with van der Waals surface area (Å²) >= 11 is 0. The molecule has 0 heterocycles. The van der Waals surface area contributed by atoms with Crippen molar-refractivity contribution in [2.45, 2.75) is 52.5 Å². The van der Waals surface area contributed by atoms with Crippen molar-refractivity contribution >= 4 is 11.7 Å². The zero-order valence-electron chi connectivity index (χ0n) is 11.5. The first-order valence-electron chi connectivity index (χ1n) is 6.67. The summed E-state index contributed by atoms with van der Waals surface area (Å²) in [6.07, 6.45) is 3.61. The van der Waals surface area contributed by atoms with Gasteiger partial charge in [0.15, 0.2) is 0 Å². The largest absolute Gasteiger partial charge is 0.480 e. The van der Waals surface area contributed by atoms with Crippen LogP contribution in [0.3, 0.4) is 0 Å². The minimum Gasteiger partial charge on any atom is -0.480 e. The van der Waals surface area contributed by atoms with E-state index in [2.05, 4.69) is 32.2 Å². The Hall–Kier alpha value is -1.51. The number of carboxylic acids is 1. The van der Waals surface area contributed by atoms with Crippen LogP contribution >= 0.6 is 0 Å². The predicted molar refractivity (Wildman–Crippen MR) is 75.1 cm³/mol. The number of rotatable bonds is 7. The summed E-state index contributed by atoms with van der Waals surface area (Å²) in [6, 6.07) is 5.57. The van der Waals surface area contributed by atoms with Gasteiger partial charge in [0, 0.05) is 5.69 Å². The fraction of sp³-hybridized carbons (Fsp3) is 0.533. The van der Waals surface area contributed by atoms with Gasteiger partial charge < -0.3 is 10.4 Å². The van der Waals surface area contributed by atoms with E-state index >= 15 is 0 Å². The first kappa shape index (κ1) is 14.6. The Kier molecular flexibility index (Phi) is 5.69. The quantitative estimate of drug-likeness (QED) is 0.776.